The van der Waals surface area contributed by atoms with E-state index in [0.29, 0.717) is 16.4 Å². The van der Waals surface area contributed by atoms with Crippen molar-refractivity contribution in [3.63, 3.8) is 0 Å². The van der Waals surface area contributed by atoms with Crippen molar-refractivity contribution in [2.75, 3.05) is 11.1 Å². The van der Waals surface area contributed by atoms with Crippen molar-refractivity contribution in [1.82, 2.24) is 24.7 Å². The van der Waals surface area contributed by atoms with Gasteiger partial charge in [0.25, 0.3) is 0 Å². The summed E-state index contributed by atoms with van der Waals surface area (Å²) >= 11 is 7.44. The van der Waals surface area contributed by atoms with Crippen molar-refractivity contribution in [1.29, 1.82) is 0 Å². The van der Waals surface area contributed by atoms with Gasteiger partial charge in [0.2, 0.25) is 5.91 Å². The number of carbonyl (C=O) groups excluding carboxylic acids is 1. The summed E-state index contributed by atoms with van der Waals surface area (Å²) in [6, 6.07) is 12.9. The first kappa shape index (κ1) is 17.4. The zero-order valence-corrected chi connectivity index (χ0v) is 15.5. The van der Waals surface area contributed by atoms with Gasteiger partial charge in [0.05, 0.1) is 22.6 Å². The zero-order chi connectivity index (χ0) is 18.6. The summed E-state index contributed by atoms with van der Waals surface area (Å²) in [5.74, 6) is 0.0240. The van der Waals surface area contributed by atoms with Gasteiger partial charge in [-0.25, -0.2) is 19.6 Å². The minimum atomic E-state index is -0.175. The van der Waals surface area contributed by atoms with E-state index in [0.717, 1.165) is 15.9 Å². The number of aromatic nitrogens is 5. The van der Waals surface area contributed by atoms with Gasteiger partial charge >= 0.3 is 0 Å². The lowest BCUT2D eigenvalue weighted by molar-refractivity contribution is -0.113. The molecule has 134 valence electrons. The third-order valence-electron chi connectivity index (χ3n) is 3.74. The number of fused-ring (bicyclic) bond motifs is 1. The molecular formula is C18H13ClN6OS. The summed E-state index contributed by atoms with van der Waals surface area (Å²) in [4.78, 5) is 24.9. The van der Waals surface area contributed by atoms with E-state index in [2.05, 4.69) is 25.4 Å². The van der Waals surface area contributed by atoms with Gasteiger partial charge in [-0.15, -0.1) is 0 Å². The Bertz CT molecular complexity index is 1100. The van der Waals surface area contributed by atoms with Crippen molar-refractivity contribution in [3.05, 3.63) is 66.5 Å². The maximum absolute atomic E-state index is 12.5. The smallest absolute Gasteiger partial charge is 0.234 e. The largest absolute Gasteiger partial charge is 0.323 e. The fourth-order valence-electron chi connectivity index (χ4n) is 2.56. The predicted octanol–water partition coefficient (Wildman–Crippen LogP) is 3.59. The molecular weight excluding hydrogens is 384 g/mol. The van der Waals surface area contributed by atoms with Gasteiger partial charge in [-0.1, -0.05) is 41.6 Å². The van der Waals surface area contributed by atoms with Crippen LogP contribution in [0.4, 0.5) is 5.69 Å². The molecule has 7 nitrogen and oxygen atoms in total. The van der Waals surface area contributed by atoms with Crippen LogP contribution in [0.1, 0.15) is 0 Å². The Kier molecular flexibility index (Phi) is 4.99. The lowest BCUT2D eigenvalue weighted by Gasteiger charge is -2.11. The summed E-state index contributed by atoms with van der Waals surface area (Å²) in [5, 5.41) is 9.18. The van der Waals surface area contributed by atoms with Gasteiger partial charge in [-0.05, 0) is 24.3 Å². The Morgan fingerprint density at radius 1 is 1.15 bits per heavy atom. The standard InChI is InChI=1S/C18H13ClN6OS/c19-12-5-6-16(25-11-20-9-23-25)15(7-12)24-17(26)8-27-18-13-3-1-2-4-14(13)21-10-22-18/h1-7,9-11H,8H2,(H,24,26). The van der Waals surface area contributed by atoms with Crippen LogP contribution in [0.15, 0.2) is 66.5 Å². The van der Waals surface area contributed by atoms with Crippen LogP contribution < -0.4 is 5.32 Å². The Morgan fingerprint density at radius 2 is 2.04 bits per heavy atom. The Morgan fingerprint density at radius 3 is 2.89 bits per heavy atom. The molecule has 0 aliphatic rings. The fourth-order valence-corrected chi connectivity index (χ4v) is 3.52. The van der Waals surface area contributed by atoms with Crippen LogP contribution in [0.5, 0.6) is 0 Å². The number of anilines is 1. The second-order valence-electron chi connectivity index (χ2n) is 5.53. The molecule has 2 aromatic carbocycles. The average molecular weight is 397 g/mol. The average Bonchev–Trinajstić information content (AvgIpc) is 3.21. The molecule has 0 fully saturated rings. The molecule has 2 heterocycles. The number of nitrogens with one attached hydrogen (secondary N) is 1. The number of benzene rings is 2. The third-order valence-corrected chi connectivity index (χ3v) is 4.98. The normalized spacial score (nSPS) is 10.9. The Balaban J connectivity index is 1.51. The number of hydrogen-bond acceptors (Lipinski definition) is 6. The van der Waals surface area contributed by atoms with Gasteiger partial charge < -0.3 is 5.32 Å². The first-order valence-corrected chi connectivity index (χ1v) is 9.34. The van der Waals surface area contributed by atoms with E-state index in [9.17, 15) is 4.79 Å². The van der Waals surface area contributed by atoms with Gasteiger partial charge in [0.15, 0.2) is 0 Å². The molecule has 0 saturated carbocycles. The summed E-state index contributed by atoms with van der Waals surface area (Å²) < 4.78 is 1.57. The highest BCUT2D eigenvalue weighted by Gasteiger charge is 2.12. The first-order valence-electron chi connectivity index (χ1n) is 7.97. The van der Waals surface area contributed by atoms with E-state index in [1.54, 1.807) is 29.2 Å². The first-order chi connectivity index (χ1) is 13.2. The highest BCUT2D eigenvalue weighted by molar-refractivity contribution is 8.00. The third kappa shape index (κ3) is 3.91. The fraction of sp³-hybridized carbons (Fsp3) is 0.0556. The quantitative estimate of drug-likeness (QED) is 0.410. The molecule has 0 saturated heterocycles. The molecule has 4 rings (SSSR count). The second-order valence-corrected chi connectivity index (χ2v) is 6.93. The van der Waals surface area contributed by atoms with Crippen molar-refractivity contribution in [2.45, 2.75) is 5.03 Å². The number of halogens is 1. The highest BCUT2D eigenvalue weighted by atomic mass is 35.5. The molecule has 0 spiro atoms. The second kappa shape index (κ2) is 7.73. The number of rotatable bonds is 5. The molecule has 0 radical (unpaired) electrons. The lowest BCUT2D eigenvalue weighted by atomic mass is 10.2. The van der Waals surface area contributed by atoms with Crippen molar-refractivity contribution < 1.29 is 4.79 Å². The van der Waals surface area contributed by atoms with Gasteiger partial charge in [-0.2, -0.15) is 5.10 Å². The number of para-hydroxylation sites is 1. The van der Waals surface area contributed by atoms with Gasteiger partial charge in [0.1, 0.15) is 24.0 Å². The monoisotopic (exact) mass is 396 g/mol. The van der Waals surface area contributed by atoms with Crippen LogP contribution in [0.25, 0.3) is 16.6 Å². The van der Waals surface area contributed by atoms with E-state index in [4.69, 9.17) is 11.6 Å². The molecule has 0 aliphatic carbocycles. The number of thioether (sulfide) groups is 1. The Labute approximate surface area is 163 Å². The highest BCUT2D eigenvalue weighted by Crippen LogP contribution is 2.26. The van der Waals surface area contributed by atoms with Crippen LogP contribution in [0.3, 0.4) is 0 Å². The van der Waals surface area contributed by atoms with E-state index in [1.807, 2.05) is 24.3 Å². The minimum Gasteiger partial charge on any atom is -0.323 e. The van der Waals surface area contributed by atoms with Crippen LogP contribution >= 0.6 is 23.4 Å². The molecule has 1 amide bonds. The van der Waals surface area contributed by atoms with E-state index >= 15 is 0 Å². The van der Waals surface area contributed by atoms with Crippen LogP contribution in [-0.2, 0) is 4.79 Å². The molecule has 9 heteroatoms. The van der Waals surface area contributed by atoms with E-state index in [1.165, 1.54) is 24.4 Å². The summed E-state index contributed by atoms with van der Waals surface area (Å²) in [6.45, 7) is 0. The molecule has 4 aromatic rings. The minimum absolute atomic E-state index is 0.175. The molecule has 0 bridgehead atoms. The van der Waals surface area contributed by atoms with E-state index < -0.39 is 0 Å². The summed E-state index contributed by atoms with van der Waals surface area (Å²) in [5.41, 5.74) is 2.09. The Hall–Kier alpha value is -2.97. The SMILES string of the molecule is O=C(CSc1ncnc2ccccc12)Nc1cc(Cl)ccc1-n1cncn1. The molecule has 2 aromatic heterocycles. The molecule has 0 aliphatic heterocycles. The maximum atomic E-state index is 12.5. The maximum Gasteiger partial charge on any atom is 0.234 e. The van der Waals surface area contributed by atoms with Crippen LogP contribution in [-0.4, -0.2) is 36.4 Å². The lowest BCUT2D eigenvalue weighted by Crippen LogP contribution is -2.16. The van der Waals surface area contributed by atoms with E-state index in [-0.39, 0.29) is 11.7 Å². The summed E-state index contributed by atoms with van der Waals surface area (Å²) in [6.07, 6.45) is 4.49. The number of carbonyl (C=O) groups is 1. The van der Waals surface area contributed by atoms with Crippen molar-refractivity contribution in [3.8, 4) is 5.69 Å². The molecule has 27 heavy (non-hydrogen) atoms. The van der Waals surface area contributed by atoms with Crippen LogP contribution in [0, 0.1) is 0 Å². The zero-order valence-electron chi connectivity index (χ0n) is 13.9. The number of hydrogen-bond donors (Lipinski definition) is 1. The number of nitrogens with zero attached hydrogens (tertiary/aromatic N) is 5. The van der Waals surface area contributed by atoms with Gasteiger partial charge in [-0.3, -0.25) is 4.79 Å². The molecule has 0 unspecified atom stereocenters. The number of amides is 1. The van der Waals surface area contributed by atoms with Gasteiger partial charge in [0, 0.05) is 10.4 Å². The van der Waals surface area contributed by atoms with Crippen molar-refractivity contribution >= 4 is 45.9 Å². The van der Waals surface area contributed by atoms with Crippen molar-refractivity contribution in [2.24, 2.45) is 0 Å². The molecule has 0 atom stereocenters. The topological polar surface area (TPSA) is 85.6 Å². The predicted molar refractivity (Wildman–Crippen MR) is 105 cm³/mol. The molecule has 1 N–H and O–H groups in total. The summed E-state index contributed by atoms with van der Waals surface area (Å²) in [7, 11) is 0. The van der Waals surface area contributed by atoms with Crippen LogP contribution in [0.2, 0.25) is 5.02 Å².